The van der Waals surface area contributed by atoms with E-state index in [0.29, 0.717) is 28.0 Å². The molecule has 0 saturated carbocycles. The molecule has 0 fully saturated rings. The Morgan fingerprint density at radius 3 is 2.67 bits per heavy atom. The molecule has 1 aromatic heterocycles. The van der Waals surface area contributed by atoms with Gasteiger partial charge in [-0.25, -0.2) is 4.68 Å². The first-order valence-electron chi connectivity index (χ1n) is 8.36. The van der Waals surface area contributed by atoms with Crippen LogP contribution in [0.3, 0.4) is 0 Å². The van der Waals surface area contributed by atoms with Gasteiger partial charge in [0, 0.05) is 24.8 Å². The normalized spacial score (nSPS) is 10.5. The highest BCUT2D eigenvalue weighted by atomic mass is 79.9. The van der Waals surface area contributed by atoms with Crippen LogP contribution >= 0.6 is 15.9 Å². The van der Waals surface area contributed by atoms with Crippen LogP contribution in [0.25, 0.3) is 0 Å². The summed E-state index contributed by atoms with van der Waals surface area (Å²) in [7, 11) is 1.59. The third-order valence-electron chi connectivity index (χ3n) is 4.06. The number of hydrogen-bond acceptors (Lipinski definition) is 4. The van der Waals surface area contributed by atoms with E-state index >= 15 is 0 Å². The Labute approximate surface area is 165 Å². The number of aromatic nitrogens is 2. The van der Waals surface area contributed by atoms with Gasteiger partial charge in [0.15, 0.2) is 0 Å². The van der Waals surface area contributed by atoms with Gasteiger partial charge < -0.3 is 10.6 Å². The highest BCUT2D eigenvalue weighted by molar-refractivity contribution is 9.10. The third-order valence-corrected chi connectivity index (χ3v) is 4.83. The Balaban J connectivity index is 1.69. The molecule has 0 spiro atoms. The summed E-state index contributed by atoms with van der Waals surface area (Å²) in [4.78, 5) is 24.2. The number of aryl methyl sites for hydroxylation is 2. The molecule has 0 unspecified atom stereocenters. The summed E-state index contributed by atoms with van der Waals surface area (Å²) < 4.78 is 1.69. The van der Waals surface area contributed by atoms with Gasteiger partial charge in [-0.05, 0) is 52.7 Å². The van der Waals surface area contributed by atoms with Crippen molar-refractivity contribution < 1.29 is 4.79 Å². The van der Waals surface area contributed by atoms with E-state index in [1.54, 1.807) is 25.4 Å². The van der Waals surface area contributed by atoms with E-state index in [1.807, 2.05) is 43.3 Å². The molecular formula is C20H19BrN4O2. The number of carbonyl (C=O) groups is 1. The molecule has 0 saturated heterocycles. The molecule has 27 heavy (non-hydrogen) atoms. The van der Waals surface area contributed by atoms with E-state index in [9.17, 15) is 9.59 Å². The van der Waals surface area contributed by atoms with Gasteiger partial charge >= 0.3 is 0 Å². The standard InChI is InChI=1S/C20H19BrN4O2/c1-13-6-8-15(9-7-13)19(26)24-16-5-3-4-14(10-16)11-22-17-12-23-25(2)20(27)18(17)21/h3-10,12,22H,11H2,1-2H3,(H,24,26). The number of halogens is 1. The molecule has 138 valence electrons. The fourth-order valence-corrected chi connectivity index (χ4v) is 3.00. The molecule has 1 amide bonds. The lowest BCUT2D eigenvalue weighted by molar-refractivity contribution is 0.102. The van der Waals surface area contributed by atoms with Crippen molar-refractivity contribution in [1.82, 2.24) is 9.78 Å². The van der Waals surface area contributed by atoms with Crippen LogP contribution in [0, 0.1) is 6.92 Å². The Bertz CT molecular complexity index is 1030. The second-order valence-electron chi connectivity index (χ2n) is 6.18. The number of benzene rings is 2. The van der Waals surface area contributed by atoms with Crippen LogP contribution in [0.2, 0.25) is 0 Å². The van der Waals surface area contributed by atoms with Gasteiger partial charge in [0.25, 0.3) is 11.5 Å². The molecule has 0 aliphatic heterocycles. The summed E-state index contributed by atoms with van der Waals surface area (Å²) in [5.74, 6) is -0.154. The van der Waals surface area contributed by atoms with E-state index in [-0.39, 0.29) is 11.5 Å². The van der Waals surface area contributed by atoms with Crippen LogP contribution < -0.4 is 16.2 Å². The predicted molar refractivity (Wildman–Crippen MR) is 110 cm³/mol. The number of hydrogen-bond donors (Lipinski definition) is 2. The number of rotatable bonds is 5. The Hall–Kier alpha value is -2.93. The molecule has 0 aliphatic carbocycles. The Morgan fingerprint density at radius 2 is 1.93 bits per heavy atom. The maximum atomic E-state index is 12.4. The minimum atomic E-state index is -0.209. The average Bonchev–Trinajstić information content (AvgIpc) is 2.66. The molecular weight excluding hydrogens is 408 g/mol. The van der Waals surface area contributed by atoms with Crippen LogP contribution in [0.15, 0.2) is 64.0 Å². The van der Waals surface area contributed by atoms with E-state index in [4.69, 9.17) is 0 Å². The highest BCUT2D eigenvalue weighted by Crippen LogP contribution is 2.18. The Morgan fingerprint density at radius 1 is 1.19 bits per heavy atom. The predicted octanol–water partition coefficient (Wildman–Crippen LogP) is 3.72. The van der Waals surface area contributed by atoms with Crippen LogP contribution in [0.5, 0.6) is 0 Å². The molecule has 7 heteroatoms. The lowest BCUT2D eigenvalue weighted by atomic mass is 10.1. The first-order valence-corrected chi connectivity index (χ1v) is 9.16. The fourth-order valence-electron chi connectivity index (χ4n) is 2.50. The molecule has 3 aromatic rings. The molecule has 1 heterocycles. The first-order chi connectivity index (χ1) is 12.9. The summed E-state index contributed by atoms with van der Waals surface area (Å²) in [6, 6.07) is 15.0. The second-order valence-corrected chi connectivity index (χ2v) is 6.97. The van der Waals surface area contributed by atoms with Crippen LogP contribution in [-0.4, -0.2) is 15.7 Å². The summed E-state index contributed by atoms with van der Waals surface area (Å²) >= 11 is 3.29. The fraction of sp³-hybridized carbons (Fsp3) is 0.150. The minimum Gasteiger partial charge on any atom is -0.379 e. The molecule has 0 aliphatic rings. The van der Waals surface area contributed by atoms with Crippen LogP contribution in [-0.2, 0) is 13.6 Å². The second kappa shape index (κ2) is 8.18. The first kappa shape index (κ1) is 18.8. The Kier molecular flexibility index (Phi) is 5.71. The maximum Gasteiger partial charge on any atom is 0.282 e. The summed E-state index contributed by atoms with van der Waals surface area (Å²) in [6.07, 6.45) is 1.59. The largest absolute Gasteiger partial charge is 0.379 e. The minimum absolute atomic E-state index is 0.154. The average molecular weight is 427 g/mol. The van der Waals surface area contributed by atoms with Gasteiger partial charge in [0.05, 0.1) is 11.9 Å². The van der Waals surface area contributed by atoms with Crippen LogP contribution in [0.4, 0.5) is 11.4 Å². The number of nitrogens with one attached hydrogen (secondary N) is 2. The molecule has 3 rings (SSSR count). The zero-order chi connectivity index (χ0) is 19.4. The molecule has 0 atom stereocenters. The third kappa shape index (κ3) is 4.62. The van der Waals surface area contributed by atoms with Gasteiger partial charge in [-0.1, -0.05) is 29.8 Å². The maximum absolute atomic E-state index is 12.4. The van der Waals surface area contributed by atoms with Crippen molar-refractivity contribution in [2.24, 2.45) is 7.05 Å². The van der Waals surface area contributed by atoms with E-state index in [2.05, 4.69) is 31.7 Å². The molecule has 0 radical (unpaired) electrons. The smallest absolute Gasteiger partial charge is 0.282 e. The van der Waals surface area contributed by atoms with Crippen molar-refractivity contribution in [2.75, 3.05) is 10.6 Å². The summed E-state index contributed by atoms with van der Waals surface area (Å²) in [5.41, 5.74) is 3.80. The van der Waals surface area contributed by atoms with Crippen molar-refractivity contribution in [3.63, 3.8) is 0 Å². The highest BCUT2D eigenvalue weighted by Gasteiger charge is 2.08. The van der Waals surface area contributed by atoms with Crippen molar-refractivity contribution in [2.45, 2.75) is 13.5 Å². The lowest BCUT2D eigenvalue weighted by Gasteiger charge is -2.11. The lowest BCUT2D eigenvalue weighted by Crippen LogP contribution is -2.21. The zero-order valence-electron chi connectivity index (χ0n) is 15.0. The number of anilines is 2. The van der Waals surface area contributed by atoms with Crippen molar-refractivity contribution in [3.8, 4) is 0 Å². The number of nitrogens with zero attached hydrogens (tertiary/aromatic N) is 2. The summed E-state index contributed by atoms with van der Waals surface area (Å²) in [6.45, 7) is 2.47. The topological polar surface area (TPSA) is 76.0 Å². The summed E-state index contributed by atoms with van der Waals surface area (Å²) in [5, 5.41) is 10.1. The van der Waals surface area contributed by atoms with Crippen molar-refractivity contribution in [1.29, 1.82) is 0 Å². The zero-order valence-corrected chi connectivity index (χ0v) is 16.6. The van der Waals surface area contributed by atoms with Crippen LogP contribution in [0.1, 0.15) is 21.5 Å². The quantitative estimate of drug-likeness (QED) is 0.651. The number of carbonyl (C=O) groups excluding carboxylic acids is 1. The molecule has 0 bridgehead atoms. The van der Waals surface area contributed by atoms with Gasteiger partial charge in [-0.15, -0.1) is 0 Å². The molecule has 2 N–H and O–H groups in total. The van der Waals surface area contributed by atoms with Crippen molar-refractivity contribution in [3.05, 3.63) is 86.2 Å². The number of amides is 1. The monoisotopic (exact) mass is 426 g/mol. The van der Waals surface area contributed by atoms with E-state index in [0.717, 1.165) is 11.1 Å². The van der Waals surface area contributed by atoms with Gasteiger partial charge in [-0.2, -0.15) is 5.10 Å². The molecule has 6 nitrogen and oxygen atoms in total. The van der Waals surface area contributed by atoms with E-state index < -0.39 is 0 Å². The van der Waals surface area contributed by atoms with Gasteiger partial charge in [0.1, 0.15) is 4.47 Å². The van der Waals surface area contributed by atoms with Gasteiger partial charge in [0.2, 0.25) is 0 Å². The molecule has 2 aromatic carbocycles. The van der Waals surface area contributed by atoms with E-state index in [1.165, 1.54) is 4.68 Å². The van der Waals surface area contributed by atoms with Gasteiger partial charge in [-0.3, -0.25) is 9.59 Å². The SMILES string of the molecule is Cc1ccc(C(=O)Nc2cccc(CNc3cnn(C)c(=O)c3Br)c2)cc1. The van der Waals surface area contributed by atoms with Crippen molar-refractivity contribution >= 4 is 33.2 Å².